The van der Waals surface area contributed by atoms with Gasteiger partial charge in [-0.05, 0) is 54.9 Å². The van der Waals surface area contributed by atoms with E-state index in [0.29, 0.717) is 34.9 Å². The van der Waals surface area contributed by atoms with Gasteiger partial charge in [-0.1, -0.05) is 243 Å². The summed E-state index contributed by atoms with van der Waals surface area (Å²) in [4.78, 5) is 30.3. The van der Waals surface area contributed by atoms with Crippen molar-refractivity contribution in [2.24, 2.45) is 0 Å². The predicted molar refractivity (Wildman–Crippen MR) is 277 cm³/mol. The summed E-state index contributed by atoms with van der Waals surface area (Å²) in [5.74, 6) is 3.78. The van der Waals surface area contributed by atoms with E-state index in [-0.39, 0.29) is 0 Å². The monoisotopic (exact) mass is 868 g/mol. The molecule has 6 heteroatoms. The van der Waals surface area contributed by atoms with Gasteiger partial charge in [0.05, 0.1) is 0 Å². The Morgan fingerprint density at radius 2 is 0.426 bits per heavy atom. The van der Waals surface area contributed by atoms with Crippen molar-refractivity contribution in [1.29, 1.82) is 0 Å². The second-order valence-corrected chi connectivity index (χ2v) is 16.6. The molecule has 12 rings (SSSR count). The molecule has 0 aliphatic carbocycles. The topological polar surface area (TPSA) is 77.3 Å². The maximum atomic E-state index is 5.10. The molecule has 10 aromatic carbocycles. The molecular weight excluding hydrogens is 829 g/mol. The standard InChI is InChI=1S/C62H40N6/c1-3-19-45(20-4-1)57-63-59(67-61(65-57)55-31-15-23-41-17-7-9-27-51(41)55)47-37-33-43(34-38-47)49-25-11-13-29-53(49)54-30-14-12-26-50(54)44-35-39-48(40-36-44)60-64-58(46-21-5-2-6-22-46)66-62(68-60)56-32-16-24-42-18-8-10-28-52(42)56/h1-40H. The van der Waals surface area contributed by atoms with Crippen LogP contribution in [0.2, 0.25) is 0 Å². The van der Waals surface area contributed by atoms with Crippen LogP contribution in [0.5, 0.6) is 0 Å². The van der Waals surface area contributed by atoms with Gasteiger partial charge in [0, 0.05) is 33.4 Å². The molecular formula is C62H40N6. The molecule has 68 heavy (non-hydrogen) atoms. The summed E-state index contributed by atoms with van der Waals surface area (Å²) in [5, 5.41) is 4.47. The lowest BCUT2D eigenvalue weighted by Crippen LogP contribution is -2.00. The van der Waals surface area contributed by atoms with Crippen molar-refractivity contribution in [2.75, 3.05) is 0 Å². The number of fused-ring (bicyclic) bond motifs is 2. The molecule has 0 fully saturated rings. The van der Waals surface area contributed by atoms with Crippen molar-refractivity contribution in [3.05, 3.63) is 243 Å². The van der Waals surface area contributed by atoms with E-state index >= 15 is 0 Å². The molecule has 0 spiro atoms. The zero-order valence-corrected chi connectivity index (χ0v) is 36.8. The first-order valence-corrected chi connectivity index (χ1v) is 22.7. The maximum Gasteiger partial charge on any atom is 0.164 e. The number of hydrogen-bond acceptors (Lipinski definition) is 6. The second kappa shape index (κ2) is 17.6. The number of hydrogen-bond donors (Lipinski definition) is 0. The largest absolute Gasteiger partial charge is 0.208 e. The second-order valence-electron chi connectivity index (χ2n) is 16.6. The van der Waals surface area contributed by atoms with Crippen molar-refractivity contribution in [1.82, 2.24) is 29.9 Å². The van der Waals surface area contributed by atoms with Crippen molar-refractivity contribution in [3.8, 4) is 102 Å². The van der Waals surface area contributed by atoms with Crippen LogP contribution in [0.25, 0.3) is 123 Å². The molecule has 12 aromatic rings. The molecule has 0 radical (unpaired) electrons. The minimum Gasteiger partial charge on any atom is -0.208 e. The Morgan fingerprint density at radius 3 is 0.824 bits per heavy atom. The van der Waals surface area contributed by atoms with Crippen LogP contribution in [0, 0.1) is 0 Å². The van der Waals surface area contributed by atoms with E-state index in [4.69, 9.17) is 29.9 Å². The molecule has 318 valence electrons. The third kappa shape index (κ3) is 7.76. The fourth-order valence-corrected chi connectivity index (χ4v) is 9.06. The Morgan fingerprint density at radius 1 is 0.162 bits per heavy atom. The van der Waals surface area contributed by atoms with E-state index in [1.165, 1.54) is 0 Å². The summed E-state index contributed by atoms with van der Waals surface area (Å²) in [6.45, 7) is 0. The van der Waals surface area contributed by atoms with Gasteiger partial charge in [0.15, 0.2) is 34.9 Å². The van der Waals surface area contributed by atoms with Crippen LogP contribution < -0.4 is 0 Å². The van der Waals surface area contributed by atoms with Gasteiger partial charge in [-0.2, -0.15) is 0 Å². The van der Waals surface area contributed by atoms with E-state index in [2.05, 4.69) is 182 Å². The summed E-state index contributed by atoms with van der Waals surface area (Å²) >= 11 is 0. The summed E-state index contributed by atoms with van der Waals surface area (Å²) < 4.78 is 0. The van der Waals surface area contributed by atoms with E-state index in [9.17, 15) is 0 Å². The highest BCUT2D eigenvalue weighted by atomic mass is 15.0. The van der Waals surface area contributed by atoms with Gasteiger partial charge in [0.2, 0.25) is 0 Å². The van der Waals surface area contributed by atoms with Crippen molar-refractivity contribution < 1.29 is 0 Å². The molecule has 0 aliphatic rings. The molecule has 0 N–H and O–H groups in total. The third-order valence-corrected chi connectivity index (χ3v) is 12.4. The van der Waals surface area contributed by atoms with Gasteiger partial charge in [-0.3, -0.25) is 0 Å². The number of aromatic nitrogens is 6. The highest BCUT2D eigenvalue weighted by molar-refractivity contribution is 5.97. The Balaban J connectivity index is 0.892. The lowest BCUT2D eigenvalue weighted by Gasteiger charge is -2.15. The van der Waals surface area contributed by atoms with Crippen LogP contribution in [0.3, 0.4) is 0 Å². The van der Waals surface area contributed by atoms with Crippen LogP contribution in [0.4, 0.5) is 0 Å². The summed E-state index contributed by atoms with van der Waals surface area (Å²) in [6, 6.07) is 83.8. The van der Waals surface area contributed by atoms with E-state index in [0.717, 1.165) is 88.3 Å². The number of rotatable bonds is 9. The predicted octanol–water partition coefficient (Wildman–Crippen LogP) is 15.4. The molecule has 2 heterocycles. The minimum atomic E-state index is 0.619. The molecule has 0 aliphatic heterocycles. The smallest absolute Gasteiger partial charge is 0.164 e. The van der Waals surface area contributed by atoms with E-state index in [1.807, 2.05) is 60.7 Å². The molecule has 2 aromatic heterocycles. The third-order valence-electron chi connectivity index (χ3n) is 12.4. The van der Waals surface area contributed by atoms with Gasteiger partial charge in [-0.15, -0.1) is 0 Å². The van der Waals surface area contributed by atoms with Gasteiger partial charge >= 0.3 is 0 Å². The van der Waals surface area contributed by atoms with Crippen molar-refractivity contribution in [2.45, 2.75) is 0 Å². The van der Waals surface area contributed by atoms with Crippen LogP contribution in [0.15, 0.2) is 243 Å². The Bertz CT molecular complexity index is 3520. The lowest BCUT2D eigenvalue weighted by molar-refractivity contribution is 1.08. The van der Waals surface area contributed by atoms with E-state index in [1.54, 1.807) is 0 Å². The van der Waals surface area contributed by atoms with Gasteiger partial charge in [0.1, 0.15) is 0 Å². The van der Waals surface area contributed by atoms with Crippen LogP contribution in [-0.2, 0) is 0 Å². The SMILES string of the molecule is c1ccc(-c2nc(-c3ccc(-c4ccccc4-c4ccccc4-c4ccc(-c5nc(-c6ccccc6)nc(-c6cccc7ccccc67)n5)cc4)cc3)nc(-c3cccc4ccccc34)n2)cc1. The van der Waals surface area contributed by atoms with Crippen molar-refractivity contribution in [3.63, 3.8) is 0 Å². The average molecular weight is 869 g/mol. The molecule has 0 amide bonds. The Kier molecular flexibility index (Phi) is 10.4. The van der Waals surface area contributed by atoms with Gasteiger partial charge in [0.25, 0.3) is 0 Å². The van der Waals surface area contributed by atoms with E-state index < -0.39 is 0 Å². The lowest BCUT2D eigenvalue weighted by atomic mass is 9.89. The first kappa shape index (κ1) is 40.3. The fraction of sp³-hybridized carbons (Fsp3) is 0. The first-order chi connectivity index (χ1) is 33.7. The highest BCUT2D eigenvalue weighted by Crippen LogP contribution is 2.40. The zero-order valence-electron chi connectivity index (χ0n) is 36.8. The van der Waals surface area contributed by atoms with Gasteiger partial charge in [-0.25, -0.2) is 29.9 Å². The zero-order chi connectivity index (χ0) is 45.2. The maximum absolute atomic E-state index is 5.10. The van der Waals surface area contributed by atoms with Crippen LogP contribution in [0.1, 0.15) is 0 Å². The highest BCUT2D eigenvalue weighted by Gasteiger charge is 2.18. The van der Waals surface area contributed by atoms with Gasteiger partial charge < -0.3 is 0 Å². The summed E-state index contributed by atoms with van der Waals surface area (Å²) in [5.41, 5.74) is 12.3. The fourth-order valence-electron chi connectivity index (χ4n) is 9.06. The van der Waals surface area contributed by atoms with Crippen LogP contribution >= 0.6 is 0 Å². The Labute approximate surface area is 394 Å². The molecule has 6 nitrogen and oxygen atoms in total. The normalized spacial score (nSPS) is 11.2. The quantitative estimate of drug-likeness (QED) is 0.144. The Hall–Kier alpha value is -9.26. The summed E-state index contributed by atoms with van der Waals surface area (Å²) in [6.07, 6.45) is 0. The molecule has 0 saturated heterocycles. The molecule has 0 unspecified atom stereocenters. The number of benzene rings is 10. The molecule has 0 bridgehead atoms. The summed E-state index contributed by atoms with van der Waals surface area (Å²) in [7, 11) is 0. The van der Waals surface area contributed by atoms with Crippen molar-refractivity contribution >= 4 is 21.5 Å². The molecule has 0 atom stereocenters. The average Bonchev–Trinajstić information content (AvgIpc) is 3.43. The minimum absolute atomic E-state index is 0.619. The number of nitrogens with zero attached hydrogens (tertiary/aromatic N) is 6. The first-order valence-electron chi connectivity index (χ1n) is 22.7. The van der Waals surface area contributed by atoms with Crippen LogP contribution in [-0.4, -0.2) is 29.9 Å². The molecule has 0 saturated carbocycles.